The fourth-order valence-corrected chi connectivity index (χ4v) is 4.69. The fourth-order valence-electron chi connectivity index (χ4n) is 4.69. The summed E-state index contributed by atoms with van der Waals surface area (Å²) >= 11 is 0. The van der Waals surface area contributed by atoms with Crippen LogP contribution in [0.15, 0.2) is 97.1 Å². The van der Waals surface area contributed by atoms with Crippen molar-refractivity contribution < 1.29 is 19.2 Å². The summed E-state index contributed by atoms with van der Waals surface area (Å²) in [6, 6.07) is 28.2. The van der Waals surface area contributed by atoms with Gasteiger partial charge in [0.15, 0.2) is 23.1 Å². The van der Waals surface area contributed by atoms with Gasteiger partial charge in [-0.15, -0.1) is 0 Å². The molecule has 4 nitrogen and oxygen atoms in total. The summed E-state index contributed by atoms with van der Waals surface area (Å²) in [6.45, 7) is 0. The summed E-state index contributed by atoms with van der Waals surface area (Å²) in [5, 5.41) is 2.96. The molecule has 0 radical (unpaired) electrons. The van der Waals surface area contributed by atoms with E-state index in [0.717, 1.165) is 10.4 Å². The first kappa shape index (κ1) is 19.9. The third kappa shape index (κ3) is 2.86. The number of rotatable bonds is 0. The predicted octanol–water partition coefficient (Wildman–Crippen LogP) is 3.43. The third-order valence-corrected chi connectivity index (χ3v) is 6.42. The Morgan fingerprint density at radius 3 is 0.794 bits per heavy atom. The van der Waals surface area contributed by atoms with E-state index in [4.69, 9.17) is 0 Å². The maximum atomic E-state index is 12.7. The minimum atomic E-state index is -0.248. The molecule has 0 aromatic heterocycles. The van der Waals surface area contributed by atoms with Gasteiger partial charge in [0.2, 0.25) is 0 Å². The number of hydrogen-bond acceptors (Lipinski definition) is 4. The van der Waals surface area contributed by atoms with E-state index in [1.807, 2.05) is 24.3 Å². The van der Waals surface area contributed by atoms with Gasteiger partial charge in [-0.2, -0.15) is 0 Å². The van der Waals surface area contributed by atoms with Gasteiger partial charge >= 0.3 is 0 Å². The van der Waals surface area contributed by atoms with E-state index in [0.29, 0.717) is 32.7 Å². The highest BCUT2D eigenvalue weighted by Gasteiger charge is 2.33. The van der Waals surface area contributed by atoms with Crippen LogP contribution in [0.25, 0.3) is 11.1 Å². The molecule has 2 aliphatic carbocycles. The zero-order chi connectivity index (χ0) is 23.4. The average Bonchev–Trinajstić information content (AvgIpc) is 3.29. The lowest BCUT2D eigenvalue weighted by atomic mass is 10.1. The molecular weight excluding hydrogens is 424 g/mol. The fraction of sp³-hybridized carbons (Fsp3) is 0. The standard InChI is InChI=1S/C30H16O4/c31-27-21-5-1-2-6-22(21)28(32)25(27)19-13-9-17(10-14-19)18-11-15-20(16-12-18)26-29(33)23-7-3-4-8-24(23)30(26)34/h1-16H. The second-order valence-corrected chi connectivity index (χ2v) is 8.31. The number of hydrogen-bond donors (Lipinski definition) is 0. The third-order valence-electron chi connectivity index (χ3n) is 6.42. The summed E-state index contributed by atoms with van der Waals surface area (Å²) in [7, 11) is 0. The molecule has 0 amide bonds. The summed E-state index contributed by atoms with van der Waals surface area (Å²) in [5.74, 6) is -0.994. The number of ketones is 4. The summed E-state index contributed by atoms with van der Waals surface area (Å²) in [5.41, 5.74) is 2.15. The van der Waals surface area contributed by atoms with Crippen LogP contribution < -0.4 is 10.4 Å². The molecule has 34 heavy (non-hydrogen) atoms. The van der Waals surface area contributed by atoms with Crippen LogP contribution in [0, 0.1) is 10.4 Å². The summed E-state index contributed by atoms with van der Waals surface area (Å²) < 4.78 is 0. The SMILES string of the molecule is O=C1C(=c2ccc(=c3ccc(=C4C(=O)c5ccccc5C4=O)cc3)cc2)C(=O)c2ccccc21. The molecule has 0 atom stereocenters. The van der Waals surface area contributed by atoms with Crippen molar-refractivity contribution in [3.8, 4) is 0 Å². The van der Waals surface area contributed by atoms with E-state index in [1.54, 1.807) is 72.8 Å². The first-order chi connectivity index (χ1) is 16.5. The van der Waals surface area contributed by atoms with Gasteiger partial charge in [0, 0.05) is 22.3 Å². The highest BCUT2D eigenvalue weighted by atomic mass is 16.2. The highest BCUT2D eigenvalue weighted by molar-refractivity contribution is 6.56. The van der Waals surface area contributed by atoms with Crippen LogP contribution in [0.1, 0.15) is 41.4 Å². The average molecular weight is 440 g/mol. The van der Waals surface area contributed by atoms with Crippen molar-refractivity contribution >= 4 is 34.3 Å². The van der Waals surface area contributed by atoms with Gasteiger partial charge in [0.25, 0.3) is 0 Å². The van der Waals surface area contributed by atoms with E-state index < -0.39 is 0 Å². The Labute approximate surface area is 193 Å². The molecule has 0 fully saturated rings. The van der Waals surface area contributed by atoms with E-state index in [1.165, 1.54) is 0 Å². The monoisotopic (exact) mass is 440 g/mol. The molecule has 160 valence electrons. The van der Waals surface area contributed by atoms with Crippen molar-refractivity contribution in [2.24, 2.45) is 0 Å². The lowest BCUT2D eigenvalue weighted by Crippen LogP contribution is -2.14. The van der Waals surface area contributed by atoms with Gasteiger partial charge in [-0.3, -0.25) is 19.2 Å². The Balaban J connectivity index is 1.45. The van der Waals surface area contributed by atoms with E-state index in [9.17, 15) is 19.2 Å². The predicted molar refractivity (Wildman–Crippen MR) is 127 cm³/mol. The highest BCUT2D eigenvalue weighted by Crippen LogP contribution is 2.27. The van der Waals surface area contributed by atoms with Crippen molar-refractivity contribution in [1.82, 2.24) is 0 Å². The molecular formula is C30H16O4. The summed E-state index contributed by atoms with van der Waals surface area (Å²) in [4.78, 5) is 51.0. The minimum absolute atomic E-state index is 0.192. The number of carbonyl (C=O) groups is 4. The van der Waals surface area contributed by atoms with Gasteiger partial charge in [-0.1, -0.05) is 97.1 Å². The summed E-state index contributed by atoms with van der Waals surface area (Å²) in [6.07, 6.45) is 0. The number of carbonyl (C=O) groups excluding carboxylic acids is 4. The van der Waals surface area contributed by atoms with Crippen molar-refractivity contribution in [3.05, 3.63) is 140 Å². The molecule has 4 heteroatoms. The molecule has 0 aliphatic heterocycles. The molecule has 0 spiro atoms. The van der Waals surface area contributed by atoms with Crippen LogP contribution in [-0.4, -0.2) is 23.1 Å². The quantitative estimate of drug-likeness (QED) is 0.420. The van der Waals surface area contributed by atoms with Gasteiger partial charge in [0.05, 0.1) is 11.1 Å². The van der Waals surface area contributed by atoms with Gasteiger partial charge in [-0.05, 0) is 20.9 Å². The minimum Gasteiger partial charge on any atom is -0.288 e. The second kappa shape index (κ2) is 7.42. The van der Waals surface area contributed by atoms with E-state index >= 15 is 0 Å². The molecule has 2 aliphatic rings. The van der Waals surface area contributed by atoms with Crippen molar-refractivity contribution in [1.29, 1.82) is 0 Å². The largest absolute Gasteiger partial charge is 0.288 e. The molecule has 0 bridgehead atoms. The molecule has 6 rings (SSSR count). The number of benzene rings is 4. The van der Waals surface area contributed by atoms with Gasteiger partial charge in [-0.25, -0.2) is 0 Å². The molecule has 0 saturated heterocycles. The topological polar surface area (TPSA) is 68.3 Å². The first-order valence-electron chi connectivity index (χ1n) is 10.9. The number of Topliss-reactive ketones (excluding diaryl/α,β-unsaturated/α-hetero) is 4. The molecule has 4 aromatic carbocycles. The van der Waals surface area contributed by atoms with Gasteiger partial charge in [0.1, 0.15) is 0 Å². The van der Waals surface area contributed by atoms with E-state index in [2.05, 4.69) is 0 Å². The zero-order valence-electron chi connectivity index (χ0n) is 17.9. The Morgan fingerprint density at radius 1 is 0.294 bits per heavy atom. The van der Waals surface area contributed by atoms with Crippen LogP contribution >= 0.6 is 0 Å². The van der Waals surface area contributed by atoms with Crippen molar-refractivity contribution in [3.63, 3.8) is 0 Å². The van der Waals surface area contributed by atoms with Gasteiger partial charge < -0.3 is 0 Å². The normalized spacial score (nSPS) is 14.6. The Bertz CT molecular complexity index is 1570. The molecule has 4 aromatic rings. The lowest BCUT2D eigenvalue weighted by Gasteiger charge is -1.96. The van der Waals surface area contributed by atoms with Crippen LogP contribution in [0.4, 0.5) is 0 Å². The van der Waals surface area contributed by atoms with Crippen molar-refractivity contribution in [2.45, 2.75) is 0 Å². The molecule has 0 N–H and O–H groups in total. The van der Waals surface area contributed by atoms with Crippen LogP contribution in [0.2, 0.25) is 0 Å². The Hall–Kier alpha value is -4.70. The maximum absolute atomic E-state index is 12.7. The smallest absolute Gasteiger partial charge is 0.198 e. The van der Waals surface area contributed by atoms with Crippen LogP contribution in [0.5, 0.6) is 0 Å². The maximum Gasteiger partial charge on any atom is 0.198 e. The lowest BCUT2D eigenvalue weighted by molar-refractivity contribution is 0.101. The van der Waals surface area contributed by atoms with E-state index in [-0.39, 0.29) is 34.3 Å². The first-order valence-corrected chi connectivity index (χ1v) is 10.9. The Kier molecular flexibility index (Phi) is 4.36. The van der Waals surface area contributed by atoms with Crippen molar-refractivity contribution in [2.75, 3.05) is 0 Å². The van der Waals surface area contributed by atoms with Crippen LogP contribution in [0.3, 0.4) is 0 Å². The number of fused-ring (bicyclic) bond motifs is 2. The van der Waals surface area contributed by atoms with Crippen LogP contribution in [-0.2, 0) is 0 Å². The zero-order valence-corrected chi connectivity index (χ0v) is 17.9. The second-order valence-electron chi connectivity index (χ2n) is 8.31. The molecule has 0 unspecified atom stereocenters. The molecule has 0 heterocycles. The molecule has 0 saturated carbocycles. The Morgan fingerprint density at radius 2 is 0.529 bits per heavy atom.